The molecule has 0 amide bonds. The van der Waals surface area contributed by atoms with Gasteiger partial charge in [-0.2, -0.15) is 4.31 Å². The van der Waals surface area contributed by atoms with Crippen molar-refractivity contribution in [2.24, 2.45) is 0 Å². The number of sulfonamides is 1. The summed E-state index contributed by atoms with van der Waals surface area (Å²) in [6.45, 7) is 5.89. The van der Waals surface area contributed by atoms with Gasteiger partial charge in [-0.15, -0.1) is 0 Å². The van der Waals surface area contributed by atoms with E-state index in [9.17, 15) is 13.5 Å². The Balaban J connectivity index is 2.56. The number of nitrogens with zero attached hydrogens (tertiary/aromatic N) is 1. The number of hydrogen-bond donors (Lipinski definition) is 2. The van der Waals surface area contributed by atoms with Crippen molar-refractivity contribution in [1.29, 1.82) is 0 Å². The number of aliphatic hydroxyl groups excluding tert-OH is 1. The molecule has 1 aliphatic rings. The van der Waals surface area contributed by atoms with Crippen LogP contribution in [-0.2, 0) is 10.0 Å². The second-order valence-corrected chi connectivity index (χ2v) is 7.06. The highest BCUT2D eigenvalue weighted by molar-refractivity contribution is 7.89. The smallest absolute Gasteiger partial charge is 0.243 e. The average molecular weight is 284 g/mol. The second-order valence-electron chi connectivity index (χ2n) is 5.18. The van der Waals surface area contributed by atoms with E-state index in [1.807, 2.05) is 6.92 Å². The van der Waals surface area contributed by atoms with Crippen LogP contribution in [0, 0.1) is 20.8 Å². The number of aliphatic hydroxyl groups is 1. The van der Waals surface area contributed by atoms with Crippen LogP contribution in [0.25, 0.3) is 0 Å². The molecule has 1 aromatic rings. The van der Waals surface area contributed by atoms with E-state index in [-0.39, 0.29) is 11.4 Å². The molecule has 1 aliphatic heterocycles. The number of nitrogen functional groups attached to an aromatic ring is 1. The van der Waals surface area contributed by atoms with Crippen molar-refractivity contribution >= 4 is 15.7 Å². The van der Waals surface area contributed by atoms with Crippen molar-refractivity contribution in [2.75, 3.05) is 18.8 Å². The molecule has 0 radical (unpaired) electrons. The Morgan fingerprint density at radius 2 is 1.95 bits per heavy atom. The van der Waals surface area contributed by atoms with E-state index in [0.29, 0.717) is 29.8 Å². The number of β-amino-alcohol motifs (C(OH)–C–C–N with tert-alkyl or cyclic N) is 1. The van der Waals surface area contributed by atoms with Gasteiger partial charge in [-0.25, -0.2) is 8.42 Å². The predicted molar refractivity (Wildman–Crippen MR) is 74.4 cm³/mol. The van der Waals surface area contributed by atoms with Crippen LogP contribution in [-0.4, -0.2) is 37.0 Å². The predicted octanol–water partition coefficient (Wildman–Crippen LogP) is 0.949. The van der Waals surface area contributed by atoms with Crippen LogP contribution in [0.2, 0.25) is 0 Å². The van der Waals surface area contributed by atoms with Crippen LogP contribution in [0.3, 0.4) is 0 Å². The first kappa shape index (κ1) is 14.3. The summed E-state index contributed by atoms with van der Waals surface area (Å²) in [5.74, 6) is 0. The van der Waals surface area contributed by atoms with Gasteiger partial charge in [0.15, 0.2) is 0 Å². The fourth-order valence-corrected chi connectivity index (χ4v) is 4.57. The topological polar surface area (TPSA) is 83.6 Å². The van der Waals surface area contributed by atoms with E-state index in [1.165, 1.54) is 4.31 Å². The number of aryl methyl sites for hydroxylation is 2. The standard InChI is InChI=1S/C13H20N2O3S/c1-8-6-9(2)13(10(3)12(8)14)19(17,18)15-5-4-11(16)7-15/h6,11,16H,4-5,7,14H2,1-3H3. The van der Waals surface area contributed by atoms with Gasteiger partial charge in [0.05, 0.1) is 11.0 Å². The molecule has 1 saturated heterocycles. The maximum Gasteiger partial charge on any atom is 0.243 e. The molecule has 106 valence electrons. The van der Waals surface area contributed by atoms with E-state index >= 15 is 0 Å². The maximum absolute atomic E-state index is 12.6. The van der Waals surface area contributed by atoms with Gasteiger partial charge < -0.3 is 10.8 Å². The Kier molecular flexibility index (Phi) is 3.59. The van der Waals surface area contributed by atoms with Gasteiger partial charge in [0.1, 0.15) is 0 Å². The van der Waals surface area contributed by atoms with E-state index < -0.39 is 16.1 Å². The fourth-order valence-electron chi connectivity index (χ4n) is 2.64. The molecular weight excluding hydrogens is 264 g/mol. The molecule has 0 aliphatic carbocycles. The van der Waals surface area contributed by atoms with Crippen molar-refractivity contribution < 1.29 is 13.5 Å². The minimum Gasteiger partial charge on any atom is -0.398 e. The van der Waals surface area contributed by atoms with Crippen LogP contribution in [0.4, 0.5) is 5.69 Å². The second kappa shape index (κ2) is 4.77. The van der Waals surface area contributed by atoms with Crippen molar-refractivity contribution in [1.82, 2.24) is 4.31 Å². The van der Waals surface area contributed by atoms with E-state index in [1.54, 1.807) is 19.9 Å². The number of hydrogen-bond acceptors (Lipinski definition) is 4. The summed E-state index contributed by atoms with van der Waals surface area (Å²) in [6, 6.07) is 1.79. The fraction of sp³-hybridized carbons (Fsp3) is 0.538. The van der Waals surface area contributed by atoms with Crippen LogP contribution < -0.4 is 5.73 Å². The Morgan fingerprint density at radius 3 is 2.47 bits per heavy atom. The lowest BCUT2D eigenvalue weighted by atomic mass is 10.1. The number of benzene rings is 1. The molecular formula is C13H20N2O3S. The van der Waals surface area contributed by atoms with Crippen LogP contribution in [0.5, 0.6) is 0 Å². The summed E-state index contributed by atoms with van der Waals surface area (Å²) in [4.78, 5) is 0.282. The minimum absolute atomic E-state index is 0.162. The molecule has 0 aromatic heterocycles. The molecule has 0 spiro atoms. The van der Waals surface area contributed by atoms with Crippen LogP contribution >= 0.6 is 0 Å². The summed E-state index contributed by atoms with van der Waals surface area (Å²) in [6.07, 6.45) is -0.0863. The van der Waals surface area contributed by atoms with Gasteiger partial charge in [-0.3, -0.25) is 0 Å². The first-order chi connectivity index (χ1) is 8.75. The van der Waals surface area contributed by atoms with Gasteiger partial charge in [0.2, 0.25) is 10.0 Å². The molecule has 0 saturated carbocycles. The summed E-state index contributed by atoms with van der Waals surface area (Å²) >= 11 is 0. The largest absolute Gasteiger partial charge is 0.398 e. The molecule has 19 heavy (non-hydrogen) atoms. The van der Waals surface area contributed by atoms with E-state index in [4.69, 9.17) is 5.73 Å². The molecule has 2 rings (SSSR count). The van der Waals surface area contributed by atoms with Gasteiger partial charge in [-0.1, -0.05) is 6.07 Å². The Hall–Kier alpha value is -1.11. The maximum atomic E-state index is 12.6. The van der Waals surface area contributed by atoms with Crippen molar-refractivity contribution in [3.05, 3.63) is 22.8 Å². The van der Waals surface area contributed by atoms with Crippen molar-refractivity contribution in [3.8, 4) is 0 Å². The quantitative estimate of drug-likeness (QED) is 0.792. The van der Waals surface area contributed by atoms with Gasteiger partial charge in [-0.05, 0) is 43.9 Å². The average Bonchev–Trinajstić information content (AvgIpc) is 2.73. The third kappa shape index (κ3) is 2.35. The highest BCUT2D eigenvalue weighted by Gasteiger charge is 2.34. The molecule has 1 fully saturated rings. The first-order valence-corrected chi connectivity index (χ1v) is 7.73. The number of nitrogens with two attached hydrogens (primary N) is 1. The lowest BCUT2D eigenvalue weighted by Crippen LogP contribution is -2.31. The van der Waals surface area contributed by atoms with E-state index in [2.05, 4.69) is 0 Å². The highest BCUT2D eigenvalue weighted by Crippen LogP contribution is 2.31. The molecule has 6 heteroatoms. The Labute approximate surface area is 114 Å². The minimum atomic E-state index is -3.58. The Morgan fingerprint density at radius 1 is 1.32 bits per heavy atom. The molecule has 5 nitrogen and oxygen atoms in total. The molecule has 0 bridgehead atoms. The van der Waals surface area contributed by atoms with Crippen LogP contribution in [0.1, 0.15) is 23.1 Å². The summed E-state index contributed by atoms with van der Waals surface area (Å²) < 4.78 is 26.6. The van der Waals surface area contributed by atoms with Crippen molar-refractivity contribution in [2.45, 2.75) is 38.2 Å². The summed E-state index contributed by atoms with van der Waals surface area (Å²) in [5.41, 5.74) is 8.64. The van der Waals surface area contributed by atoms with Gasteiger partial charge >= 0.3 is 0 Å². The molecule has 1 atom stereocenters. The monoisotopic (exact) mass is 284 g/mol. The first-order valence-electron chi connectivity index (χ1n) is 6.29. The van der Waals surface area contributed by atoms with E-state index in [0.717, 1.165) is 5.56 Å². The number of anilines is 1. The molecule has 1 unspecified atom stereocenters. The van der Waals surface area contributed by atoms with Gasteiger partial charge in [0.25, 0.3) is 0 Å². The lowest BCUT2D eigenvalue weighted by Gasteiger charge is -2.20. The van der Waals surface area contributed by atoms with Crippen molar-refractivity contribution in [3.63, 3.8) is 0 Å². The SMILES string of the molecule is Cc1cc(C)c(S(=O)(=O)N2CCC(O)C2)c(C)c1N. The third-order valence-electron chi connectivity index (χ3n) is 3.68. The zero-order valence-electron chi connectivity index (χ0n) is 11.5. The zero-order valence-corrected chi connectivity index (χ0v) is 12.3. The lowest BCUT2D eigenvalue weighted by molar-refractivity contribution is 0.189. The highest BCUT2D eigenvalue weighted by atomic mass is 32.2. The number of rotatable bonds is 2. The summed E-state index contributed by atoms with van der Waals surface area (Å²) in [5, 5.41) is 9.52. The summed E-state index contributed by atoms with van der Waals surface area (Å²) in [7, 11) is -3.58. The van der Waals surface area contributed by atoms with Crippen LogP contribution in [0.15, 0.2) is 11.0 Å². The molecule has 1 aromatic carbocycles. The molecule has 3 N–H and O–H groups in total. The zero-order chi connectivity index (χ0) is 14.4. The normalized spacial score (nSPS) is 20.9. The van der Waals surface area contributed by atoms with Gasteiger partial charge in [0, 0.05) is 18.8 Å². The Bertz CT molecular complexity index is 611. The molecule has 1 heterocycles. The third-order valence-corrected chi connectivity index (χ3v) is 5.84.